The summed E-state index contributed by atoms with van der Waals surface area (Å²) in [5.41, 5.74) is 9.46. The second kappa shape index (κ2) is 29.4. The summed E-state index contributed by atoms with van der Waals surface area (Å²) in [6.07, 6.45) is 16.2. The average Bonchev–Trinajstić information content (AvgIpc) is 4.20. The van der Waals surface area contributed by atoms with E-state index >= 15 is 0 Å². The Kier molecular flexibility index (Phi) is 23.2. The Morgan fingerprint density at radius 2 is 0.789 bits per heavy atom. The first kappa shape index (κ1) is 56.0. The lowest BCUT2D eigenvalue weighted by Crippen LogP contribution is -2.03. The summed E-state index contributed by atoms with van der Waals surface area (Å²) in [5, 5.41) is 0. The van der Waals surface area contributed by atoms with Gasteiger partial charge in [-0.2, -0.15) is 8.75 Å². The summed E-state index contributed by atoms with van der Waals surface area (Å²) in [7, 11) is 0. The lowest BCUT2D eigenvalue weighted by Gasteiger charge is -2.07. The molecule has 0 amide bonds. The van der Waals surface area contributed by atoms with E-state index in [0.717, 1.165) is 125 Å². The number of hydrogen-bond donors (Lipinski definition) is 0. The number of esters is 4. The fourth-order valence-corrected chi connectivity index (χ4v) is 14.7. The van der Waals surface area contributed by atoms with Gasteiger partial charge in [0.1, 0.15) is 11.0 Å². The highest BCUT2D eigenvalue weighted by Crippen LogP contribution is 2.51. The highest BCUT2D eigenvalue weighted by atomic mass is 32.1. The number of carbonyl (C=O) groups excluding carboxylic acids is 4. The quantitative estimate of drug-likeness (QED) is 0.0229. The molecule has 0 saturated carbocycles. The smallest absolute Gasteiger partial charge is 0.305 e. The van der Waals surface area contributed by atoms with Crippen LogP contribution in [-0.4, -0.2) is 59.1 Å². The van der Waals surface area contributed by atoms with Crippen LogP contribution in [0.1, 0.15) is 163 Å². The van der Waals surface area contributed by atoms with Gasteiger partial charge in [0.15, 0.2) is 0 Å². The van der Waals surface area contributed by atoms with Gasteiger partial charge in [-0.1, -0.05) is 37.8 Å². The molecule has 0 fully saturated rings. The maximum Gasteiger partial charge on any atom is 0.305 e. The van der Waals surface area contributed by atoms with Crippen molar-refractivity contribution < 1.29 is 38.1 Å². The first-order valence-electron chi connectivity index (χ1n) is 25.9. The topological polar surface area (TPSA) is 131 Å². The van der Waals surface area contributed by atoms with Crippen molar-refractivity contribution in [2.24, 2.45) is 0 Å². The molecule has 0 spiro atoms. The van der Waals surface area contributed by atoms with Crippen LogP contribution in [0.15, 0.2) is 36.4 Å². The molecule has 0 aliphatic heterocycles. The normalized spacial score (nSPS) is 11.4. The molecular formula is C56H72N2O8S5. The molecule has 0 unspecified atom stereocenters. The van der Waals surface area contributed by atoms with Crippen molar-refractivity contribution >= 4 is 92.0 Å². The van der Waals surface area contributed by atoms with Crippen molar-refractivity contribution in [3.63, 3.8) is 0 Å². The molecular weight excluding hydrogens is 989 g/mol. The minimum absolute atomic E-state index is 0.119. The van der Waals surface area contributed by atoms with Crippen LogP contribution in [0.4, 0.5) is 0 Å². The third kappa shape index (κ3) is 16.6. The van der Waals surface area contributed by atoms with E-state index in [0.29, 0.717) is 52.1 Å². The van der Waals surface area contributed by atoms with Crippen molar-refractivity contribution in [1.82, 2.24) is 8.75 Å². The number of aryl methyl sites for hydroxylation is 6. The third-order valence-electron chi connectivity index (χ3n) is 12.4. The number of thiophene rings is 4. The van der Waals surface area contributed by atoms with Gasteiger partial charge in [0.25, 0.3) is 0 Å². The van der Waals surface area contributed by atoms with Crippen LogP contribution >= 0.6 is 57.1 Å². The van der Waals surface area contributed by atoms with Crippen LogP contribution in [0.2, 0.25) is 0 Å². The number of fused-ring (bicyclic) bond motifs is 1. The number of carbonyl (C=O) groups is 4. The first-order chi connectivity index (χ1) is 34.5. The van der Waals surface area contributed by atoms with Gasteiger partial charge in [-0.15, -0.1) is 45.3 Å². The van der Waals surface area contributed by atoms with Gasteiger partial charge in [0.05, 0.1) is 38.2 Å². The molecule has 0 N–H and O–H groups in total. The van der Waals surface area contributed by atoms with E-state index in [-0.39, 0.29) is 23.9 Å². The fourth-order valence-electron chi connectivity index (χ4n) is 8.92. The zero-order valence-corrected chi connectivity index (χ0v) is 46.7. The van der Waals surface area contributed by atoms with Crippen molar-refractivity contribution in [1.29, 1.82) is 0 Å². The summed E-state index contributed by atoms with van der Waals surface area (Å²) in [4.78, 5) is 59.0. The van der Waals surface area contributed by atoms with Crippen molar-refractivity contribution in [3.8, 4) is 39.7 Å². The van der Waals surface area contributed by atoms with E-state index in [1.807, 2.05) is 73.0 Å². The zero-order chi connectivity index (χ0) is 50.5. The SMILES string of the molecule is CCOC(=O)CCCCCc1cc(C)sc1-c1cc(CCCCCC(=O)OCC)c(-c2sc(-c3sc(-c4ccc(C)c5nsnc45)cc3CCCCCC(=O)OCC)cc2CCCCCC(=O)OCC)s1. The number of nitrogens with zero attached hydrogens (tertiary/aromatic N) is 2. The van der Waals surface area contributed by atoms with Crippen LogP contribution < -0.4 is 0 Å². The molecule has 0 radical (unpaired) electrons. The fraction of sp³-hybridized carbons (Fsp3) is 0.536. The Hall–Kier alpha value is -4.28. The molecule has 15 heteroatoms. The van der Waals surface area contributed by atoms with Crippen LogP contribution in [0.3, 0.4) is 0 Å². The number of hydrogen-bond acceptors (Lipinski definition) is 15. The minimum atomic E-state index is -0.134. The van der Waals surface area contributed by atoms with Gasteiger partial charge in [-0.05, 0) is 171 Å². The second-order valence-corrected chi connectivity index (χ2v) is 22.9. The molecule has 71 heavy (non-hydrogen) atoms. The second-order valence-electron chi connectivity index (χ2n) is 18.0. The van der Waals surface area contributed by atoms with Gasteiger partial charge in [-0.25, -0.2) is 0 Å². The van der Waals surface area contributed by atoms with Crippen molar-refractivity contribution in [2.75, 3.05) is 26.4 Å². The van der Waals surface area contributed by atoms with E-state index in [2.05, 4.69) is 54.6 Å². The summed E-state index contributed by atoms with van der Waals surface area (Å²) < 4.78 is 30.3. The predicted molar refractivity (Wildman–Crippen MR) is 295 cm³/mol. The van der Waals surface area contributed by atoms with Gasteiger partial charge >= 0.3 is 23.9 Å². The van der Waals surface area contributed by atoms with Crippen LogP contribution in [-0.2, 0) is 63.8 Å². The standard InChI is InChI=1S/C56H72N2O8S5/c1-7-63-47(59)27-19-11-15-23-39-33-38(6)67-53(39)45-35-41(25-17-13-21-29-49(61)65-9-3)55(69-45)56-42(26-18-14-22-30-50(62)66-10-4)36-46(70-56)54-40(24-16-12-20-28-48(60)64-8-2)34-44(68-54)43-32-31-37(5)51-52(43)58-71-57-51/h31-36H,7-30H2,1-6H3. The largest absolute Gasteiger partial charge is 0.466 e. The molecule has 6 rings (SSSR count). The molecule has 0 aliphatic carbocycles. The third-order valence-corrected chi connectivity index (χ3v) is 18.1. The number of aromatic nitrogens is 2. The molecule has 1 aromatic carbocycles. The lowest BCUT2D eigenvalue weighted by molar-refractivity contribution is -0.144. The highest BCUT2D eigenvalue weighted by Gasteiger charge is 2.24. The summed E-state index contributed by atoms with van der Waals surface area (Å²) in [5.74, 6) is -0.517. The van der Waals surface area contributed by atoms with Gasteiger partial charge in [0.2, 0.25) is 0 Å². The summed E-state index contributed by atoms with van der Waals surface area (Å²) in [6.45, 7) is 13.3. The van der Waals surface area contributed by atoms with Crippen LogP contribution in [0.5, 0.6) is 0 Å². The molecule has 384 valence electrons. The Morgan fingerprint density at radius 1 is 0.423 bits per heavy atom. The predicted octanol–water partition coefficient (Wildman–Crippen LogP) is 15.9. The van der Waals surface area contributed by atoms with Crippen LogP contribution in [0.25, 0.3) is 50.7 Å². The molecule has 0 saturated heterocycles. The Balaban J connectivity index is 1.38. The molecule has 5 heterocycles. The molecule has 0 bridgehead atoms. The Bertz CT molecular complexity index is 2650. The number of benzene rings is 1. The monoisotopic (exact) mass is 1060 g/mol. The maximum absolute atomic E-state index is 12.3. The van der Waals surface area contributed by atoms with Gasteiger partial charge in [0, 0.05) is 70.3 Å². The number of unbranched alkanes of at least 4 members (excludes halogenated alkanes) is 8. The Labute approximate surface area is 441 Å². The molecule has 10 nitrogen and oxygen atoms in total. The summed E-state index contributed by atoms with van der Waals surface area (Å²) >= 11 is 8.77. The van der Waals surface area contributed by atoms with Gasteiger partial charge in [-0.3, -0.25) is 19.2 Å². The minimum Gasteiger partial charge on any atom is -0.466 e. The van der Waals surface area contributed by atoms with E-state index in [9.17, 15) is 19.2 Å². The van der Waals surface area contributed by atoms with Gasteiger partial charge < -0.3 is 18.9 Å². The zero-order valence-electron chi connectivity index (χ0n) is 42.6. The first-order valence-corrected chi connectivity index (χ1v) is 29.9. The number of rotatable bonds is 32. The van der Waals surface area contributed by atoms with E-state index < -0.39 is 0 Å². The summed E-state index contributed by atoms with van der Waals surface area (Å²) in [6, 6.07) is 13.9. The van der Waals surface area contributed by atoms with E-state index in [1.165, 1.54) is 73.0 Å². The molecule has 6 aromatic rings. The highest BCUT2D eigenvalue weighted by molar-refractivity contribution is 7.29. The van der Waals surface area contributed by atoms with E-state index in [4.69, 9.17) is 23.3 Å². The van der Waals surface area contributed by atoms with Crippen LogP contribution in [0, 0.1) is 13.8 Å². The maximum atomic E-state index is 12.3. The van der Waals surface area contributed by atoms with E-state index in [1.54, 1.807) is 0 Å². The Morgan fingerprint density at radius 3 is 1.23 bits per heavy atom. The van der Waals surface area contributed by atoms with Crippen molar-refractivity contribution in [3.05, 3.63) is 69.1 Å². The average molecular weight is 1060 g/mol. The molecule has 5 aromatic heterocycles. The lowest BCUT2D eigenvalue weighted by atomic mass is 10.0. The molecule has 0 aliphatic rings. The molecule has 0 atom stereocenters. The number of ether oxygens (including phenoxy) is 4. The van der Waals surface area contributed by atoms with Crippen molar-refractivity contribution in [2.45, 2.75) is 170 Å².